The molecular weight excluding hydrogens is 475 g/mol. The quantitative estimate of drug-likeness (QED) is 0.638. The summed E-state index contributed by atoms with van der Waals surface area (Å²) in [4.78, 5) is 32.6. The lowest BCUT2D eigenvalue weighted by atomic mass is 9.88. The maximum atomic E-state index is 13.4. The van der Waals surface area contributed by atoms with Crippen LogP contribution in [0, 0.1) is 5.41 Å². The number of hydrogen-bond donors (Lipinski definition) is 2. The molecule has 3 heterocycles. The topological polar surface area (TPSA) is 76.1 Å². The van der Waals surface area contributed by atoms with Gasteiger partial charge in [-0.2, -0.15) is 0 Å². The number of hydrogen-bond acceptors (Lipinski definition) is 4. The fraction of sp³-hybridized carbons (Fsp3) is 0.680. The van der Waals surface area contributed by atoms with Crippen LogP contribution in [0.4, 0.5) is 10.5 Å². The van der Waals surface area contributed by atoms with Crippen LogP contribution in [0.5, 0.6) is 0 Å². The van der Waals surface area contributed by atoms with Gasteiger partial charge in [0.15, 0.2) is 0 Å². The van der Waals surface area contributed by atoms with Gasteiger partial charge in [-0.1, -0.05) is 23.2 Å². The third-order valence-electron chi connectivity index (χ3n) is 8.51. The number of piperidine rings is 2. The van der Waals surface area contributed by atoms with Crippen molar-refractivity contribution in [3.05, 3.63) is 28.2 Å². The molecule has 1 unspecified atom stereocenters. The third kappa shape index (κ3) is 4.64. The summed E-state index contributed by atoms with van der Waals surface area (Å²) in [6.07, 6.45) is 7.11. The molecule has 1 aliphatic carbocycles. The van der Waals surface area contributed by atoms with Crippen LogP contribution in [0.25, 0.3) is 0 Å². The van der Waals surface area contributed by atoms with Crippen molar-refractivity contribution in [2.24, 2.45) is 5.41 Å². The maximum absolute atomic E-state index is 13.4. The molecule has 1 aromatic carbocycles. The second-order valence-corrected chi connectivity index (χ2v) is 11.4. The van der Waals surface area contributed by atoms with Gasteiger partial charge in [0, 0.05) is 37.4 Å². The molecule has 4 aliphatic rings. The van der Waals surface area contributed by atoms with E-state index in [1.807, 2.05) is 6.92 Å². The number of urea groups is 1. The van der Waals surface area contributed by atoms with E-state index in [0.717, 1.165) is 51.7 Å². The van der Waals surface area contributed by atoms with Crippen molar-refractivity contribution in [3.8, 4) is 0 Å². The number of carbonyl (C=O) groups excluding carboxylic acids is 2. The van der Waals surface area contributed by atoms with Gasteiger partial charge in [0.05, 0.1) is 16.1 Å². The summed E-state index contributed by atoms with van der Waals surface area (Å²) < 4.78 is 0. The molecule has 4 atom stereocenters. The SMILES string of the molecule is C[C@H]1C(=O)N2C(CCN3CCC4(CC4)[C@H](O)C3)CCC[C@@H]2CN1C(=O)Nc1ccc(Cl)c(Cl)c1. The molecule has 4 fully saturated rings. The maximum Gasteiger partial charge on any atom is 0.322 e. The number of anilines is 1. The molecule has 34 heavy (non-hydrogen) atoms. The van der Waals surface area contributed by atoms with E-state index in [-0.39, 0.29) is 35.5 Å². The van der Waals surface area contributed by atoms with Crippen LogP contribution in [0.1, 0.15) is 51.9 Å². The predicted molar refractivity (Wildman–Crippen MR) is 133 cm³/mol. The Morgan fingerprint density at radius 3 is 2.68 bits per heavy atom. The molecular formula is C25H34Cl2N4O3. The van der Waals surface area contributed by atoms with Gasteiger partial charge in [-0.25, -0.2) is 4.79 Å². The second kappa shape index (κ2) is 9.49. The van der Waals surface area contributed by atoms with Crippen LogP contribution in [0.15, 0.2) is 18.2 Å². The number of aliphatic hydroxyl groups excluding tert-OH is 1. The molecule has 186 valence electrons. The van der Waals surface area contributed by atoms with Crippen LogP contribution in [-0.2, 0) is 4.79 Å². The van der Waals surface area contributed by atoms with Crippen LogP contribution in [0.2, 0.25) is 10.0 Å². The van der Waals surface area contributed by atoms with E-state index < -0.39 is 6.04 Å². The van der Waals surface area contributed by atoms with E-state index in [0.29, 0.717) is 22.3 Å². The molecule has 3 saturated heterocycles. The van der Waals surface area contributed by atoms with Crippen molar-refractivity contribution in [2.45, 2.75) is 76.1 Å². The Morgan fingerprint density at radius 2 is 1.97 bits per heavy atom. The first-order valence-electron chi connectivity index (χ1n) is 12.5. The fourth-order valence-corrected chi connectivity index (χ4v) is 6.40. The summed E-state index contributed by atoms with van der Waals surface area (Å²) in [5.41, 5.74) is 0.770. The second-order valence-electron chi connectivity index (χ2n) is 10.6. The first-order chi connectivity index (χ1) is 16.3. The van der Waals surface area contributed by atoms with E-state index >= 15 is 0 Å². The van der Waals surface area contributed by atoms with E-state index in [2.05, 4.69) is 15.1 Å². The van der Waals surface area contributed by atoms with Crippen molar-refractivity contribution in [1.29, 1.82) is 0 Å². The molecule has 0 aromatic heterocycles. The van der Waals surface area contributed by atoms with E-state index in [9.17, 15) is 14.7 Å². The number of nitrogens with one attached hydrogen (secondary N) is 1. The summed E-state index contributed by atoms with van der Waals surface area (Å²) in [5, 5.41) is 14.2. The number of rotatable bonds is 4. The predicted octanol–water partition coefficient (Wildman–Crippen LogP) is 4.22. The molecule has 1 saturated carbocycles. The van der Waals surface area contributed by atoms with Gasteiger partial charge < -0.3 is 25.1 Å². The number of β-amino-alcohol motifs (C(OH)–C–C–N with tert-alkyl or cyclic N) is 1. The number of halogens is 2. The summed E-state index contributed by atoms with van der Waals surface area (Å²) >= 11 is 12.1. The monoisotopic (exact) mass is 508 g/mol. The minimum absolute atomic E-state index is 0.0286. The lowest BCUT2D eigenvalue weighted by Crippen LogP contribution is -2.66. The van der Waals surface area contributed by atoms with Gasteiger partial charge in [-0.15, -0.1) is 0 Å². The molecule has 5 rings (SSSR count). The van der Waals surface area contributed by atoms with Gasteiger partial charge >= 0.3 is 6.03 Å². The third-order valence-corrected chi connectivity index (χ3v) is 9.25. The van der Waals surface area contributed by atoms with E-state index in [4.69, 9.17) is 23.2 Å². The standard InChI is InChI=1S/C25H34Cl2N4O3/c1-16-23(33)31-18(7-11-29-12-10-25(8-9-25)22(32)15-29)3-2-4-19(31)14-30(16)24(34)28-17-5-6-20(26)21(27)13-17/h5-6,13,16,18-19,22,32H,2-4,7-12,14-15H2,1H3,(H,28,34)/t16-,18?,19+,22+/m0/s1. The lowest BCUT2D eigenvalue weighted by Gasteiger charge is -2.50. The Hall–Kier alpha value is -1.54. The van der Waals surface area contributed by atoms with Crippen molar-refractivity contribution >= 4 is 40.8 Å². The fourth-order valence-electron chi connectivity index (χ4n) is 6.11. The molecule has 3 amide bonds. The first kappa shape index (κ1) is 24.2. The Kier molecular flexibility index (Phi) is 6.75. The summed E-state index contributed by atoms with van der Waals surface area (Å²) in [5.74, 6) is 0.0286. The van der Waals surface area contributed by atoms with Crippen LogP contribution in [-0.4, -0.2) is 82.2 Å². The number of aliphatic hydroxyl groups is 1. The van der Waals surface area contributed by atoms with E-state index in [1.165, 1.54) is 12.8 Å². The van der Waals surface area contributed by atoms with Gasteiger partial charge in [-0.05, 0) is 82.0 Å². The normalized spacial score (nSPS) is 30.9. The van der Waals surface area contributed by atoms with Gasteiger partial charge in [0.25, 0.3) is 0 Å². The summed E-state index contributed by atoms with van der Waals surface area (Å²) in [6.45, 7) is 5.05. The zero-order valence-electron chi connectivity index (χ0n) is 19.7. The molecule has 2 N–H and O–H groups in total. The average molecular weight is 509 g/mol. The number of carbonyl (C=O) groups is 2. The van der Waals surface area contributed by atoms with Crippen LogP contribution < -0.4 is 5.32 Å². The largest absolute Gasteiger partial charge is 0.391 e. The van der Waals surface area contributed by atoms with E-state index in [1.54, 1.807) is 23.1 Å². The number of fused-ring (bicyclic) bond motifs is 1. The Balaban J connectivity index is 1.20. The number of amides is 3. The summed E-state index contributed by atoms with van der Waals surface area (Å²) in [6, 6.07) is 4.39. The molecule has 7 nitrogen and oxygen atoms in total. The van der Waals surface area contributed by atoms with Gasteiger partial charge in [0.2, 0.25) is 5.91 Å². The smallest absolute Gasteiger partial charge is 0.322 e. The minimum atomic E-state index is -0.522. The lowest BCUT2D eigenvalue weighted by molar-refractivity contribution is -0.149. The molecule has 1 spiro atoms. The molecule has 9 heteroatoms. The highest BCUT2D eigenvalue weighted by Crippen LogP contribution is 2.53. The Morgan fingerprint density at radius 1 is 1.18 bits per heavy atom. The van der Waals surface area contributed by atoms with Gasteiger partial charge in [-0.3, -0.25) is 4.79 Å². The highest BCUT2D eigenvalue weighted by molar-refractivity contribution is 6.42. The Labute approximate surface area is 211 Å². The average Bonchev–Trinajstić information content (AvgIpc) is 3.60. The number of likely N-dealkylation sites (tertiary alicyclic amines) is 1. The Bertz CT molecular complexity index is 956. The van der Waals surface area contributed by atoms with Crippen molar-refractivity contribution in [1.82, 2.24) is 14.7 Å². The first-order valence-corrected chi connectivity index (χ1v) is 13.3. The van der Waals surface area contributed by atoms with Crippen molar-refractivity contribution in [3.63, 3.8) is 0 Å². The molecule has 3 aliphatic heterocycles. The minimum Gasteiger partial charge on any atom is -0.391 e. The zero-order chi connectivity index (χ0) is 24.0. The number of piperazine rings is 1. The molecule has 0 bridgehead atoms. The highest BCUT2D eigenvalue weighted by Gasteiger charge is 2.51. The number of benzene rings is 1. The van der Waals surface area contributed by atoms with Crippen molar-refractivity contribution < 1.29 is 14.7 Å². The highest BCUT2D eigenvalue weighted by atomic mass is 35.5. The van der Waals surface area contributed by atoms with Crippen molar-refractivity contribution in [2.75, 3.05) is 31.5 Å². The van der Waals surface area contributed by atoms with Crippen LogP contribution >= 0.6 is 23.2 Å². The molecule has 1 aromatic rings. The summed E-state index contributed by atoms with van der Waals surface area (Å²) in [7, 11) is 0. The van der Waals surface area contributed by atoms with Crippen LogP contribution in [0.3, 0.4) is 0 Å². The molecule has 0 radical (unpaired) electrons. The zero-order valence-corrected chi connectivity index (χ0v) is 21.2. The van der Waals surface area contributed by atoms with Gasteiger partial charge in [0.1, 0.15) is 6.04 Å². The number of nitrogens with zero attached hydrogens (tertiary/aromatic N) is 3.